The van der Waals surface area contributed by atoms with Crippen molar-refractivity contribution in [2.75, 3.05) is 0 Å². The van der Waals surface area contributed by atoms with Crippen LogP contribution < -0.4 is 11.2 Å². The van der Waals surface area contributed by atoms with E-state index in [1.54, 1.807) is 12.1 Å². The van der Waals surface area contributed by atoms with Crippen molar-refractivity contribution in [3.05, 3.63) is 61.6 Å². The molecule has 26 heavy (non-hydrogen) atoms. The summed E-state index contributed by atoms with van der Waals surface area (Å²) >= 11 is 6.10. The summed E-state index contributed by atoms with van der Waals surface area (Å²) < 4.78 is 2.98. The molecule has 3 rings (SSSR count). The normalized spacial score (nSPS) is 10.9. The van der Waals surface area contributed by atoms with E-state index in [2.05, 4.69) is 20.6 Å². The third kappa shape index (κ3) is 2.94. The van der Waals surface area contributed by atoms with Gasteiger partial charge < -0.3 is 0 Å². The second-order valence-corrected chi connectivity index (χ2v) is 5.81. The van der Waals surface area contributed by atoms with Gasteiger partial charge in [0.25, 0.3) is 11.3 Å². The van der Waals surface area contributed by atoms with Crippen LogP contribution in [0.2, 0.25) is 5.02 Å². The van der Waals surface area contributed by atoms with E-state index in [9.17, 15) is 14.4 Å². The summed E-state index contributed by atoms with van der Waals surface area (Å²) in [6.07, 6.45) is 0.690. The predicted octanol–water partition coefficient (Wildman–Crippen LogP) is 0.212. The van der Waals surface area contributed by atoms with Crippen LogP contribution >= 0.6 is 11.6 Å². The Bertz CT molecular complexity index is 1100. The molecule has 0 fully saturated rings. The van der Waals surface area contributed by atoms with Gasteiger partial charge in [0.15, 0.2) is 0 Å². The van der Waals surface area contributed by atoms with E-state index >= 15 is 0 Å². The summed E-state index contributed by atoms with van der Waals surface area (Å²) in [5.41, 5.74) is -1.94. The molecular formula is C15H14ClN7O3. The zero-order valence-corrected chi connectivity index (χ0v) is 14.7. The number of carbonyl (C=O) groups excluding carboxylic acids is 1. The topological polar surface area (TPSA) is 118 Å². The molecule has 11 heteroatoms. The highest BCUT2D eigenvalue weighted by atomic mass is 35.5. The van der Waals surface area contributed by atoms with Crippen molar-refractivity contribution in [1.29, 1.82) is 0 Å². The van der Waals surface area contributed by atoms with Crippen molar-refractivity contribution in [2.24, 2.45) is 7.05 Å². The molecule has 0 amide bonds. The summed E-state index contributed by atoms with van der Waals surface area (Å²) in [4.78, 5) is 38.0. The maximum atomic E-state index is 12.8. The SMILES string of the molecule is CCCn1nnnc1C(=O)c1nn(C)c(=O)n(-c2ccccc2Cl)c1=O. The van der Waals surface area contributed by atoms with Gasteiger partial charge in [-0.3, -0.25) is 9.59 Å². The molecule has 0 bridgehead atoms. The molecule has 0 unspecified atom stereocenters. The van der Waals surface area contributed by atoms with Crippen LogP contribution in [0.4, 0.5) is 0 Å². The minimum atomic E-state index is -0.891. The molecule has 3 aromatic rings. The number of aryl methyl sites for hydroxylation is 2. The number of halogens is 1. The molecule has 0 aliphatic rings. The molecular weight excluding hydrogens is 362 g/mol. The summed E-state index contributed by atoms with van der Waals surface area (Å²) in [6.45, 7) is 2.29. The van der Waals surface area contributed by atoms with Crippen molar-refractivity contribution in [1.82, 2.24) is 34.6 Å². The first-order valence-corrected chi connectivity index (χ1v) is 8.09. The smallest absolute Gasteiger partial charge is 0.283 e. The lowest BCUT2D eigenvalue weighted by molar-refractivity contribution is 0.101. The Balaban J connectivity index is 2.23. The average molecular weight is 376 g/mol. The Morgan fingerprint density at radius 3 is 2.65 bits per heavy atom. The Labute approximate surface area is 151 Å². The monoisotopic (exact) mass is 375 g/mol. The largest absolute Gasteiger partial charge is 0.351 e. The standard InChI is InChI=1S/C15H14ClN7O3/c1-3-8-22-13(17-19-20-22)12(24)11-14(25)23(15(26)21(2)18-11)10-7-5-4-6-9(10)16/h4-7H,3,8H2,1-2H3. The molecule has 0 N–H and O–H groups in total. The van der Waals surface area contributed by atoms with E-state index in [4.69, 9.17) is 11.6 Å². The number of para-hydroxylation sites is 1. The quantitative estimate of drug-likeness (QED) is 0.585. The van der Waals surface area contributed by atoms with Crippen LogP contribution in [0.5, 0.6) is 0 Å². The van der Waals surface area contributed by atoms with Gasteiger partial charge in [0.05, 0.1) is 10.7 Å². The number of rotatable bonds is 5. The van der Waals surface area contributed by atoms with E-state index in [-0.39, 0.29) is 16.5 Å². The first-order chi connectivity index (χ1) is 12.5. The Kier molecular flexibility index (Phi) is 4.76. The van der Waals surface area contributed by atoms with Crippen LogP contribution in [0, 0.1) is 0 Å². The van der Waals surface area contributed by atoms with Gasteiger partial charge in [-0.05, 0) is 29.0 Å². The fourth-order valence-corrected chi connectivity index (χ4v) is 2.62. The highest BCUT2D eigenvalue weighted by Gasteiger charge is 2.25. The van der Waals surface area contributed by atoms with Gasteiger partial charge in [0.2, 0.25) is 11.5 Å². The van der Waals surface area contributed by atoms with Gasteiger partial charge in [-0.25, -0.2) is 18.7 Å². The summed E-state index contributed by atoms with van der Waals surface area (Å²) in [7, 11) is 1.33. The first-order valence-electron chi connectivity index (χ1n) is 7.71. The molecule has 0 saturated carbocycles. The summed E-state index contributed by atoms with van der Waals surface area (Å²) in [5.74, 6) is -0.898. The average Bonchev–Trinajstić information content (AvgIpc) is 3.08. The van der Waals surface area contributed by atoms with Crippen molar-refractivity contribution in [3.63, 3.8) is 0 Å². The Morgan fingerprint density at radius 2 is 1.96 bits per heavy atom. The first kappa shape index (κ1) is 17.7. The molecule has 134 valence electrons. The molecule has 0 radical (unpaired) electrons. The second-order valence-electron chi connectivity index (χ2n) is 5.40. The number of tetrazole rings is 1. The van der Waals surface area contributed by atoms with E-state index in [0.29, 0.717) is 13.0 Å². The van der Waals surface area contributed by atoms with E-state index < -0.39 is 22.7 Å². The number of hydrogen-bond acceptors (Lipinski definition) is 7. The molecule has 0 aliphatic carbocycles. The lowest BCUT2D eigenvalue weighted by Crippen LogP contribution is -2.43. The third-order valence-corrected chi connectivity index (χ3v) is 3.92. The molecule has 0 saturated heterocycles. The molecule has 2 heterocycles. The maximum absolute atomic E-state index is 12.8. The third-order valence-electron chi connectivity index (χ3n) is 3.60. The highest BCUT2D eigenvalue weighted by molar-refractivity contribution is 6.32. The van der Waals surface area contributed by atoms with E-state index in [1.165, 1.54) is 23.9 Å². The van der Waals surface area contributed by atoms with Gasteiger partial charge in [-0.15, -0.1) is 5.10 Å². The van der Waals surface area contributed by atoms with E-state index in [1.807, 2.05) is 6.92 Å². The molecule has 2 aromatic heterocycles. The molecule has 0 atom stereocenters. The van der Waals surface area contributed by atoms with Gasteiger partial charge >= 0.3 is 5.69 Å². The lowest BCUT2D eigenvalue weighted by atomic mass is 10.2. The number of benzene rings is 1. The predicted molar refractivity (Wildman–Crippen MR) is 91.6 cm³/mol. The summed E-state index contributed by atoms with van der Waals surface area (Å²) in [5, 5.41) is 14.9. The van der Waals surface area contributed by atoms with Crippen LogP contribution in [0.25, 0.3) is 5.69 Å². The number of aromatic nitrogens is 7. The van der Waals surface area contributed by atoms with Crippen molar-refractivity contribution < 1.29 is 4.79 Å². The Morgan fingerprint density at radius 1 is 1.23 bits per heavy atom. The maximum Gasteiger partial charge on any atom is 0.351 e. The minimum absolute atomic E-state index is 0.124. The van der Waals surface area contributed by atoms with Crippen LogP contribution in [0.15, 0.2) is 33.9 Å². The van der Waals surface area contributed by atoms with Crippen molar-refractivity contribution >= 4 is 17.4 Å². The van der Waals surface area contributed by atoms with E-state index in [0.717, 1.165) is 9.25 Å². The second kappa shape index (κ2) is 7.00. The fourth-order valence-electron chi connectivity index (χ4n) is 2.40. The zero-order valence-electron chi connectivity index (χ0n) is 14.0. The number of nitrogens with zero attached hydrogens (tertiary/aromatic N) is 7. The molecule has 0 aliphatic heterocycles. The molecule has 0 spiro atoms. The highest BCUT2D eigenvalue weighted by Crippen LogP contribution is 2.16. The lowest BCUT2D eigenvalue weighted by Gasteiger charge is -2.10. The zero-order chi connectivity index (χ0) is 18.8. The van der Waals surface area contributed by atoms with Gasteiger partial charge in [-0.2, -0.15) is 5.10 Å². The molecule has 10 nitrogen and oxygen atoms in total. The fraction of sp³-hybridized carbons (Fsp3) is 0.267. The van der Waals surface area contributed by atoms with Crippen LogP contribution in [-0.2, 0) is 13.6 Å². The van der Waals surface area contributed by atoms with Crippen LogP contribution in [-0.4, -0.2) is 40.3 Å². The van der Waals surface area contributed by atoms with Gasteiger partial charge in [0.1, 0.15) is 0 Å². The number of hydrogen-bond donors (Lipinski definition) is 0. The van der Waals surface area contributed by atoms with Crippen LogP contribution in [0.1, 0.15) is 29.7 Å². The van der Waals surface area contributed by atoms with Crippen molar-refractivity contribution in [2.45, 2.75) is 19.9 Å². The number of carbonyl (C=O) groups is 1. The minimum Gasteiger partial charge on any atom is -0.283 e. The van der Waals surface area contributed by atoms with Gasteiger partial charge in [0, 0.05) is 13.6 Å². The number of ketones is 1. The van der Waals surface area contributed by atoms with Crippen molar-refractivity contribution in [3.8, 4) is 5.69 Å². The Hall–Kier alpha value is -3.14. The van der Waals surface area contributed by atoms with Crippen LogP contribution in [0.3, 0.4) is 0 Å². The molecule has 1 aromatic carbocycles. The summed E-state index contributed by atoms with van der Waals surface area (Å²) in [6, 6.07) is 6.32. The van der Waals surface area contributed by atoms with Gasteiger partial charge in [-0.1, -0.05) is 30.7 Å².